The van der Waals surface area contributed by atoms with Gasteiger partial charge in [-0.05, 0) is 26.3 Å². The van der Waals surface area contributed by atoms with Crippen LogP contribution in [0, 0.1) is 0 Å². The largest absolute Gasteiger partial charge is 1.00 e. The van der Waals surface area contributed by atoms with E-state index in [9.17, 15) is 14.7 Å². The van der Waals surface area contributed by atoms with Gasteiger partial charge in [0.1, 0.15) is 0 Å². The molecule has 0 saturated carbocycles. The normalized spacial score (nSPS) is 12.2. The molecule has 0 saturated heterocycles. The molecule has 0 aliphatic rings. The Bertz CT molecular complexity index is 340. The molecule has 0 aromatic heterocycles. The molecule has 0 fully saturated rings. The van der Waals surface area contributed by atoms with E-state index < -0.39 is 11.9 Å². The molecule has 0 spiro atoms. The number of aliphatic carboxylic acids is 1. The fourth-order valence-electron chi connectivity index (χ4n) is 0.609. The van der Waals surface area contributed by atoms with Crippen molar-refractivity contribution in [1.29, 1.82) is 0 Å². The van der Waals surface area contributed by atoms with Gasteiger partial charge in [-0.3, -0.25) is 0 Å². The van der Waals surface area contributed by atoms with Crippen molar-refractivity contribution in [2.24, 2.45) is 0 Å². The van der Waals surface area contributed by atoms with Gasteiger partial charge in [0, 0.05) is 5.57 Å². The summed E-state index contributed by atoms with van der Waals surface area (Å²) in [6.07, 6.45) is 5.50. The van der Waals surface area contributed by atoms with Gasteiger partial charge in [0.15, 0.2) is 0 Å². The van der Waals surface area contributed by atoms with E-state index in [0.29, 0.717) is 5.57 Å². The maximum atomic E-state index is 11.2. The summed E-state index contributed by atoms with van der Waals surface area (Å²) in [5, 5.41) is 10.3. The van der Waals surface area contributed by atoms with Gasteiger partial charge >= 0.3 is 35.5 Å². The van der Waals surface area contributed by atoms with Gasteiger partial charge in [0.25, 0.3) is 0 Å². The van der Waals surface area contributed by atoms with Crippen molar-refractivity contribution in [3.05, 3.63) is 35.6 Å². The standard InChI is InChI=1S/C11H14O4.Na/c1-4-7-15-11(14)9(3)6-5-8(2)10(12)13;/h4-7H,1-3H3,(H,12,13);/q;+1/p-1. The van der Waals surface area contributed by atoms with Gasteiger partial charge in [-0.25, -0.2) is 4.79 Å². The Hall–Kier alpha value is -0.840. The number of allylic oxidation sites excluding steroid dienone is 3. The first-order valence-corrected chi connectivity index (χ1v) is 4.37. The molecule has 0 unspecified atom stereocenters. The zero-order valence-corrected chi connectivity index (χ0v) is 11.9. The Morgan fingerprint density at radius 1 is 1.12 bits per heavy atom. The average molecular weight is 232 g/mol. The van der Waals surface area contributed by atoms with Crippen LogP contribution in [-0.2, 0) is 14.3 Å². The number of esters is 1. The van der Waals surface area contributed by atoms with Crippen molar-refractivity contribution in [2.45, 2.75) is 20.8 Å². The van der Waals surface area contributed by atoms with Crippen LogP contribution >= 0.6 is 0 Å². The average Bonchev–Trinajstić information content (AvgIpc) is 2.21. The van der Waals surface area contributed by atoms with Crippen LogP contribution in [0.2, 0.25) is 0 Å². The molecule has 0 aromatic rings. The zero-order chi connectivity index (χ0) is 11.8. The minimum absolute atomic E-state index is 0. The second-order valence-corrected chi connectivity index (χ2v) is 2.86. The molecule has 82 valence electrons. The van der Waals surface area contributed by atoms with E-state index in [4.69, 9.17) is 0 Å². The van der Waals surface area contributed by atoms with Crippen LogP contribution < -0.4 is 34.7 Å². The van der Waals surface area contributed by atoms with E-state index >= 15 is 0 Å². The molecule has 16 heavy (non-hydrogen) atoms. The minimum atomic E-state index is -1.26. The second kappa shape index (κ2) is 9.39. The predicted octanol–water partition coefficient (Wildman–Crippen LogP) is -2.29. The maximum Gasteiger partial charge on any atom is 1.00 e. The van der Waals surface area contributed by atoms with Crippen LogP contribution in [0.5, 0.6) is 0 Å². The second-order valence-electron chi connectivity index (χ2n) is 2.86. The van der Waals surface area contributed by atoms with E-state index in [0.717, 1.165) is 0 Å². The van der Waals surface area contributed by atoms with Crippen molar-refractivity contribution in [3.8, 4) is 0 Å². The summed E-state index contributed by atoms with van der Waals surface area (Å²) >= 11 is 0. The van der Waals surface area contributed by atoms with E-state index in [1.807, 2.05) is 0 Å². The number of carbonyl (C=O) groups excluding carboxylic acids is 2. The van der Waals surface area contributed by atoms with Gasteiger partial charge < -0.3 is 14.6 Å². The fraction of sp³-hybridized carbons (Fsp3) is 0.273. The topological polar surface area (TPSA) is 66.4 Å². The summed E-state index contributed by atoms with van der Waals surface area (Å²) in [7, 11) is 0. The van der Waals surface area contributed by atoms with Crippen molar-refractivity contribution < 1.29 is 49.0 Å². The number of hydrogen-bond acceptors (Lipinski definition) is 4. The van der Waals surface area contributed by atoms with E-state index in [2.05, 4.69) is 4.74 Å². The molecule has 0 bridgehead atoms. The first-order chi connectivity index (χ1) is 6.99. The summed E-state index contributed by atoms with van der Waals surface area (Å²) in [5.74, 6) is -1.78. The monoisotopic (exact) mass is 232 g/mol. The van der Waals surface area contributed by atoms with Crippen LogP contribution in [0.25, 0.3) is 0 Å². The molecule has 4 nitrogen and oxygen atoms in total. The molecule has 0 heterocycles. The van der Waals surface area contributed by atoms with Gasteiger partial charge in [-0.2, -0.15) is 0 Å². The van der Waals surface area contributed by atoms with Crippen molar-refractivity contribution >= 4 is 11.9 Å². The summed E-state index contributed by atoms with van der Waals surface area (Å²) in [4.78, 5) is 21.5. The molecular weight excluding hydrogens is 219 g/mol. The van der Waals surface area contributed by atoms with Crippen LogP contribution in [0.4, 0.5) is 0 Å². The number of hydrogen-bond donors (Lipinski definition) is 0. The summed E-state index contributed by atoms with van der Waals surface area (Å²) in [6.45, 7) is 4.63. The molecule has 0 N–H and O–H groups in total. The summed E-state index contributed by atoms with van der Waals surface area (Å²) in [5.41, 5.74) is 0.363. The Balaban J connectivity index is 0. The van der Waals surface area contributed by atoms with Crippen molar-refractivity contribution in [1.82, 2.24) is 0 Å². The first kappa shape index (κ1) is 17.6. The third kappa shape index (κ3) is 7.45. The fourth-order valence-corrected chi connectivity index (χ4v) is 0.609. The quantitative estimate of drug-likeness (QED) is 0.180. The van der Waals surface area contributed by atoms with Gasteiger partial charge in [-0.1, -0.05) is 18.2 Å². The van der Waals surface area contributed by atoms with E-state index in [-0.39, 0.29) is 35.1 Å². The Morgan fingerprint density at radius 2 is 1.62 bits per heavy atom. The number of rotatable bonds is 4. The molecule has 0 radical (unpaired) electrons. The van der Waals surface area contributed by atoms with Crippen molar-refractivity contribution in [3.63, 3.8) is 0 Å². The third-order valence-electron chi connectivity index (χ3n) is 1.54. The molecule has 0 aromatic carbocycles. The molecule has 0 atom stereocenters. The SMILES string of the molecule is CC=COC(=O)C(C)=CC=C(C)C(=O)[O-].[Na+]. The van der Waals surface area contributed by atoms with Crippen molar-refractivity contribution in [2.75, 3.05) is 0 Å². The summed E-state index contributed by atoms with van der Waals surface area (Å²) in [6, 6.07) is 0. The molecule has 0 aliphatic carbocycles. The van der Waals surface area contributed by atoms with Crippen LogP contribution in [0.1, 0.15) is 20.8 Å². The van der Waals surface area contributed by atoms with Gasteiger partial charge in [0.05, 0.1) is 12.2 Å². The first-order valence-electron chi connectivity index (χ1n) is 4.37. The van der Waals surface area contributed by atoms with Crippen LogP contribution in [0.3, 0.4) is 0 Å². The molecule has 5 heteroatoms. The van der Waals surface area contributed by atoms with Gasteiger partial charge in [0.2, 0.25) is 0 Å². The number of carboxylic acid groups (broad SMARTS) is 1. The number of carboxylic acids is 1. The predicted molar refractivity (Wildman–Crippen MR) is 53.4 cm³/mol. The molecule has 0 aliphatic heterocycles. The Kier molecular flexibility index (Phi) is 10.3. The number of ether oxygens (including phenoxy) is 1. The maximum absolute atomic E-state index is 11.2. The van der Waals surface area contributed by atoms with E-state index in [1.54, 1.807) is 13.0 Å². The molecular formula is C11H13NaO4. The Labute approximate surface area is 117 Å². The minimum Gasteiger partial charge on any atom is -0.545 e. The smallest absolute Gasteiger partial charge is 0.545 e. The van der Waals surface area contributed by atoms with Crippen LogP contribution in [0.15, 0.2) is 35.6 Å². The summed E-state index contributed by atoms with van der Waals surface area (Å²) < 4.78 is 4.67. The van der Waals surface area contributed by atoms with Gasteiger partial charge in [-0.15, -0.1) is 0 Å². The number of carbonyl (C=O) groups is 2. The molecule has 0 amide bonds. The zero-order valence-electron chi connectivity index (χ0n) is 9.94. The van der Waals surface area contributed by atoms with Crippen LogP contribution in [-0.4, -0.2) is 11.9 Å². The Morgan fingerprint density at radius 3 is 2.06 bits per heavy atom. The van der Waals surface area contributed by atoms with E-state index in [1.165, 1.54) is 32.3 Å². The molecule has 0 rings (SSSR count). The third-order valence-corrected chi connectivity index (χ3v) is 1.54.